The lowest BCUT2D eigenvalue weighted by Gasteiger charge is -2.36. The molecule has 0 radical (unpaired) electrons. The number of alkyl carbamates (subject to hydrolysis) is 2. The van der Waals surface area contributed by atoms with Gasteiger partial charge in [0, 0.05) is 44.6 Å². The molecule has 3 fully saturated rings. The molecule has 3 aromatic carbocycles. The van der Waals surface area contributed by atoms with E-state index in [1.807, 2.05) is 35.9 Å². The average Bonchev–Trinajstić information content (AvgIpc) is 4.16. The number of aromatic nitrogens is 4. The molecule has 340 valence electrons. The van der Waals surface area contributed by atoms with Crippen molar-refractivity contribution in [2.24, 2.45) is 11.8 Å². The largest absolute Gasteiger partial charge is 0.453 e. The first-order valence-corrected chi connectivity index (χ1v) is 24.7. The summed E-state index contributed by atoms with van der Waals surface area (Å²) in [6.07, 6.45) is 8.51. The number of rotatable bonds is 12. The van der Waals surface area contributed by atoms with Crippen LogP contribution in [0.25, 0.3) is 53.6 Å². The summed E-state index contributed by atoms with van der Waals surface area (Å²) >= 11 is 1.72. The highest BCUT2D eigenvalue weighted by atomic mass is 32.2. The second-order valence-electron chi connectivity index (χ2n) is 17.7. The standard InChI is InChI=1S/C47H52N8O8S2/c1-25(2)40(53-47(59)63-4)45(57)54-18-6-9-37(54)42-48-24-36(51-42)28-12-16-32-31-15-11-27(22-38(31)64-39(32)23-28)26-13-17-33-35(21-26)50-43(49-33)41-29-10-14-30(20-29)55(41)44(56)34(52-46(58)62-3)8-7-19-65(5,60)61/h7-8,11-13,15-17,21-25,29-30,34,37,40-41H,6,9-10,14,18-20H2,1-5H3,(H,48,51)(H,49,50)(H,52,58)(H,53,59)/b8-7+/t29-,30+,34?,37-,40-,41-/m0/s1. The summed E-state index contributed by atoms with van der Waals surface area (Å²) in [5.41, 5.74) is 5.52. The maximum Gasteiger partial charge on any atom is 0.407 e. The molecular weight excluding hydrogens is 869 g/mol. The summed E-state index contributed by atoms with van der Waals surface area (Å²) in [4.78, 5) is 72.6. The number of piperidine rings is 1. The van der Waals surface area contributed by atoms with Crippen molar-refractivity contribution in [3.05, 3.63) is 84.6 Å². The van der Waals surface area contributed by atoms with Crippen LogP contribution in [0.2, 0.25) is 0 Å². The van der Waals surface area contributed by atoms with Gasteiger partial charge in [-0.3, -0.25) is 9.59 Å². The van der Waals surface area contributed by atoms with E-state index in [0.29, 0.717) is 18.2 Å². The Bertz CT molecular complexity index is 2970. The number of benzene rings is 3. The van der Waals surface area contributed by atoms with Gasteiger partial charge in [-0.15, -0.1) is 11.3 Å². The van der Waals surface area contributed by atoms with E-state index in [-0.39, 0.29) is 47.5 Å². The summed E-state index contributed by atoms with van der Waals surface area (Å²) < 4.78 is 35.5. The van der Waals surface area contributed by atoms with Gasteiger partial charge in [0.25, 0.3) is 0 Å². The number of fused-ring (bicyclic) bond motifs is 6. The Labute approximate surface area is 380 Å². The van der Waals surface area contributed by atoms with E-state index in [2.05, 4.69) is 69.1 Å². The quantitative estimate of drug-likeness (QED) is 0.0894. The van der Waals surface area contributed by atoms with Crippen molar-refractivity contribution in [1.29, 1.82) is 0 Å². The fraction of sp³-hybridized carbons (Fsp3) is 0.404. The van der Waals surface area contributed by atoms with Gasteiger partial charge in [-0.25, -0.2) is 28.0 Å². The molecule has 16 nitrogen and oxygen atoms in total. The number of thiophene rings is 1. The Morgan fingerprint density at radius 1 is 0.877 bits per heavy atom. The number of ether oxygens (including phenoxy) is 2. The van der Waals surface area contributed by atoms with Gasteiger partial charge in [-0.1, -0.05) is 56.3 Å². The van der Waals surface area contributed by atoms with Crippen molar-refractivity contribution in [1.82, 2.24) is 40.4 Å². The molecule has 6 atom stereocenters. The number of imidazole rings is 2. The molecule has 2 aliphatic heterocycles. The molecule has 2 saturated heterocycles. The van der Waals surface area contributed by atoms with Crippen LogP contribution < -0.4 is 10.6 Å². The lowest BCUT2D eigenvalue weighted by molar-refractivity contribution is -0.137. The van der Waals surface area contributed by atoms with E-state index < -0.39 is 34.1 Å². The molecule has 6 aromatic rings. The molecule has 9 rings (SSSR count). The molecule has 5 heterocycles. The molecule has 1 unspecified atom stereocenters. The van der Waals surface area contributed by atoms with Crippen molar-refractivity contribution < 1.29 is 37.1 Å². The number of amides is 4. The number of methoxy groups -OCH3 is 2. The van der Waals surface area contributed by atoms with Crippen molar-refractivity contribution in [2.75, 3.05) is 32.8 Å². The normalized spacial score (nSPS) is 20.6. The lowest BCUT2D eigenvalue weighted by atomic mass is 9.97. The Kier molecular flexibility index (Phi) is 11.9. The van der Waals surface area contributed by atoms with Crippen LogP contribution >= 0.6 is 11.3 Å². The van der Waals surface area contributed by atoms with Gasteiger partial charge < -0.3 is 39.9 Å². The number of hydrogen-bond donors (Lipinski definition) is 4. The summed E-state index contributed by atoms with van der Waals surface area (Å²) in [7, 11) is -0.829. The van der Waals surface area contributed by atoms with E-state index in [0.717, 1.165) is 91.9 Å². The fourth-order valence-electron chi connectivity index (χ4n) is 9.88. The van der Waals surface area contributed by atoms with Crippen LogP contribution in [0, 0.1) is 11.8 Å². The maximum atomic E-state index is 14.2. The highest BCUT2D eigenvalue weighted by molar-refractivity contribution is 7.90. The van der Waals surface area contributed by atoms with Gasteiger partial charge in [0.15, 0.2) is 9.84 Å². The maximum absolute atomic E-state index is 14.2. The highest BCUT2D eigenvalue weighted by Gasteiger charge is 2.51. The Balaban J connectivity index is 0.946. The Hall–Kier alpha value is -6.27. The zero-order valence-electron chi connectivity index (χ0n) is 36.8. The van der Waals surface area contributed by atoms with E-state index in [1.54, 1.807) is 11.3 Å². The second-order valence-corrected chi connectivity index (χ2v) is 20.9. The van der Waals surface area contributed by atoms with Crippen molar-refractivity contribution in [3.63, 3.8) is 0 Å². The fourth-order valence-corrected chi connectivity index (χ4v) is 11.5. The highest BCUT2D eigenvalue weighted by Crippen LogP contribution is 2.50. The summed E-state index contributed by atoms with van der Waals surface area (Å²) in [6.45, 7) is 4.38. The molecule has 3 aromatic heterocycles. The summed E-state index contributed by atoms with van der Waals surface area (Å²) in [5, 5.41) is 7.59. The Morgan fingerprint density at radius 3 is 2.29 bits per heavy atom. The summed E-state index contributed by atoms with van der Waals surface area (Å²) in [5.74, 6) is 0.700. The van der Waals surface area contributed by atoms with E-state index in [4.69, 9.17) is 19.4 Å². The topological polar surface area (TPSA) is 209 Å². The van der Waals surface area contributed by atoms with Gasteiger partial charge in [0.1, 0.15) is 23.7 Å². The minimum Gasteiger partial charge on any atom is -0.453 e. The van der Waals surface area contributed by atoms with Crippen LogP contribution in [0.15, 0.2) is 72.9 Å². The third-order valence-electron chi connectivity index (χ3n) is 13.0. The van der Waals surface area contributed by atoms with Gasteiger partial charge in [-0.2, -0.15) is 0 Å². The number of carbonyl (C=O) groups is 4. The number of nitrogens with zero attached hydrogens (tertiary/aromatic N) is 4. The van der Waals surface area contributed by atoms with Crippen LogP contribution in [0.5, 0.6) is 0 Å². The molecule has 2 bridgehead atoms. The molecule has 3 aliphatic rings. The van der Waals surface area contributed by atoms with Crippen LogP contribution in [-0.4, -0.2) is 113 Å². The van der Waals surface area contributed by atoms with Crippen LogP contribution in [0.1, 0.15) is 69.7 Å². The Morgan fingerprint density at radius 2 is 1.57 bits per heavy atom. The molecule has 1 saturated carbocycles. The monoisotopic (exact) mass is 920 g/mol. The third-order valence-corrected chi connectivity index (χ3v) is 14.9. The predicted octanol–water partition coefficient (Wildman–Crippen LogP) is 7.41. The minimum atomic E-state index is -3.33. The number of H-pyrrole nitrogens is 2. The van der Waals surface area contributed by atoms with Crippen molar-refractivity contribution >= 4 is 76.4 Å². The van der Waals surface area contributed by atoms with Gasteiger partial charge >= 0.3 is 12.2 Å². The zero-order chi connectivity index (χ0) is 45.7. The SMILES string of the molecule is COC(=O)NC(/C=C/CS(C)(=O)=O)C(=O)N1[C@@H]2CC[C@@H](C2)[C@H]1c1nc2ccc(-c3ccc4c(c3)sc3cc(-c5cnc([C@@H]6CCCN6C(=O)[C@@H](NC(=O)OC)C(C)C)[nH]5)ccc34)cc2[nH]1. The molecule has 1 aliphatic carbocycles. The van der Waals surface area contributed by atoms with Crippen LogP contribution in [0.4, 0.5) is 9.59 Å². The summed E-state index contributed by atoms with van der Waals surface area (Å²) in [6, 6.07) is 16.6. The molecule has 18 heteroatoms. The molecule has 65 heavy (non-hydrogen) atoms. The number of likely N-dealkylation sites (tertiary alicyclic amines) is 2. The number of aromatic amines is 2. The first kappa shape index (κ1) is 44.0. The number of carbonyl (C=O) groups excluding carboxylic acids is 4. The van der Waals surface area contributed by atoms with Crippen molar-refractivity contribution in [2.45, 2.75) is 76.2 Å². The van der Waals surface area contributed by atoms with E-state index >= 15 is 0 Å². The zero-order valence-corrected chi connectivity index (χ0v) is 38.4. The predicted molar refractivity (Wildman–Crippen MR) is 249 cm³/mol. The molecule has 4 N–H and O–H groups in total. The number of sulfone groups is 1. The minimum absolute atomic E-state index is 0.0328. The first-order valence-electron chi connectivity index (χ1n) is 21.9. The van der Waals surface area contributed by atoms with E-state index in [1.165, 1.54) is 26.4 Å². The second kappa shape index (κ2) is 17.6. The van der Waals surface area contributed by atoms with Gasteiger partial charge in [-0.05, 0) is 79.3 Å². The van der Waals surface area contributed by atoms with E-state index in [9.17, 15) is 27.6 Å². The lowest BCUT2D eigenvalue weighted by Crippen LogP contribution is -2.51. The van der Waals surface area contributed by atoms with Crippen molar-refractivity contribution in [3.8, 4) is 22.4 Å². The third kappa shape index (κ3) is 8.68. The smallest absolute Gasteiger partial charge is 0.407 e. The van der Waals surface area contributed by atoms with Gasteiger partial charge in [0.05, 0.1) is 55.0 Å². The number of nitrogens with one attached hydrogen (secondary N) is 4. The molecular formula is C47H52N8O8S2. The van der Waals surface area contributed by atoms with Crippen LogP contribution in [0.3, 0.4) is 0 Å². The van der Waals surface area contributed by atoms with Crippen LogP contribution in [-0.2, 0) is 28.9 Å². The molecule has 4 amide bonds. The average molecular weight is 921 g/mol. The van der Waals surface area contributed by atoms with Gasteiger partial charge in [0.2, 0.25) is 11.8 Å². The molecule has 0 spiro atoms. The number of hydrogen-bond acceptors (Lipinski definition) is 11. The first-order chi connectivity index (χ1) is 31.2.